The highest BCUT2D eigenvalue weighted by molar-refractivity contribution is 5.77. The van der Waals surface area contributed by atoms with Crippen LogP contribution in [0.4, 0.5) is 0 Å². The van der Waals surface area contributed by atoms with Gasteiger partial charge in [0.2, 0.25) is 5.91 Å². The van der Waals surface area contributed by atoms with E-state index in [-0.39, 0.29) is 12.3 Å². The number of nitrogens with one attached hydrogen (secondary N) is 1. The van der Waals surface area contributed by atoms with E-state index in [4.69, 9.17) is 0 Å². The van der Waals surface area contributed by atoms with E-state index in [1.165, 1.54) is 38.8 Å². The molecule has 2 rings (SSSR count). The molecule has 1 unspecified atom stereocenters. The first kappa shape index (κ1) is 16.8. The maximum absolute atomic E-state index is 12.0. The average Bonchev–Trinajstić information content (AvgIpc) is 2.46. The van der Waals surface area contributed by atoms with Gasteiger partial charge >= 0.3 is 0 Å². The van der Waals surface area contributed by atoms with Crippen molar-refractivity contribution in [3.63, 3.8) is 0 Å². The number of hydrogen-bond donors (Lipinski definition) is 2. The van der Waals surface area contributed by atoms with Crippen molar-refractivity contribution < 1.29 is 9.90 Å². The minimum atomic E-state index is -0.738. The van der Waals surface area contributed by atoms with Crippen LogP contribution < -0.4 is 5.32 Å². The Balaban J connectivity index is 1.63. The molecular weight excluding hydrogens is 264 g/mol. The predicted molar refractivity (Wildman–Crippen MR) is 85.1 cm³/mol. The van der Waals surface area contributed by atoms with Crippen LogP contribution in [0, 0.1) is 5.92 Å². The minimum absolute atomic E-state index is 0.0184. The van der Waals surface area contributed by atoms with Crippen molar-refractivity contribution in [1.29, 1.82) is 0 Å². The summed E-state index contributed by atoms with van der Waals surface area (Å²) >= 11 is 0. The average molecular weight is 296 g/mol. The molecule has 4 heteroatoms. The molecular formula is C17H32N2O2. The van der Waals surface area contributed by atoms with Crippen molar-refractivity contribution in [2.75, 3.05) is 26.2 Å². The summed E-state index contributed by atoms with van der Waals surface area (Å²) in [5.41, 5.74) is -0.738. The molecule has 0 aromatic rings. The smallest absolute Gasteiger partial charge is 0.222 e. The number of piperidine rings is 1. The lowest BCUT2D eigenvalue weighted by atomic mass is 9.82. The predicted octanol–water partition coefficient (Wildman–Crippen LogP) is 2.31. The molecule has 0 bridgehead atoms. The van der Waals surface area contributed by atoms with E-state index in [0.717, 1.165) is 38.8 Å². The second-order valence-corrected chi connectivity index (χ2v) is 7.23. The summed E-state index contributed by atoms with van der Waals surface area (Å²) in [5.74, 6) is 0.498. The highest BCUT2D eigenvalue weighted by atomic mass is 16.3. The van der Waals surface area contributed by atoms with E-state index in [1.54, 1.807) is 0 Å². The Morgan fingerprint density at radius 1 is 1.14 bits per heavy atom. The van der Waals surface area contributed by atoms with Crippen LogP contribution in [0.1, 0.15) is 64.7 Å². The van der Waals surface area contributed by atoms with E-state index < -0.39 is 5.60 Å². The van der Waals surface area contributed by atoms with Gasteiger partial charge in [0.05, 0.1) is 12.0 Å². The number of aliphatic hydroxyl groups is 1. The molecule has 1 saturated carbocycles. The summed E-state index contributed by atoms with van der Waals surface area (Å²) < 4.78 is 0. The largest absolute Gasteiger partial charge is 0.389 e. The van der Waals surface area contributed by atoms with Crippen molar-refractivity contribution in [2.45, 2.75) is 70.3 Å². The van der Waals surface area contributed by atoms with E-state index in [0.29, 0.717) is 5.92 Å². The van der Waals surface area contributed by atoms with Gasteiger partial charge in [0, 0.05) is 13.1 Å². The molecule has 0 aromatic heterocycles. The van der Waals surface area contributed by atoms with Crippen LogP contribution >= 0.6 is 0 Å². The van der Waals surface area contributed by atoms with Gasteiger partial charge in [-0.2, -0.15) is 0 Å². The minimum Gasteiger partial charge on any atom is -0.389 e. The zero-order valence-corrected chi connectivity index (χ0v) is 13.6. The summed E-state index contributed by atoms with van der Waals surface area (Å²) in [6.45, 7) is 6.41. The lowest BCUT2D eigenvalue weighted by Gasteiger charge is -2.32. The van der Waals surface area contributed by atoms with E-state index in [9.17, 15) is 9.90 Å². The summed E-state index contributed by atoms with van der Waals surface area (Å²) in [6.07, 6.45) is 9.12. The molecule has 21 heavy (non-hydrogen) atoms. The second-order valence-electron chi connectivity index (χ2n) is 7.23. The van der Waals surface area contributed by atoms with Crippen LogP contribution in [0.2, 0.25) is 0 Å². The Bertz CT molecular complexity index is 321. The SMILES string of the molecule is CC(CNC(=O)CC1(O)CCCCC1)CN1CCCCC1. The van der Waals surface area contributed by atoms with Gasteiger partial charge in [-0.25, -0.2) is 0 Å². The first-order chi connectivity index (χ1) is 10.1. The topological polar surface area (TPSA) is 52.6 Å². The van der Waals surface area contributed by atoms with Crippen LogP contribution in [-0.4, -0.2) is 47.7 Å². The summed E-state index contributed by atoms with van der Waals surface area (Å²) in [7, 11) is 0. The van der Waals surface area contributed by atoms with Gasteiger partial charge in [-0.3, -0.25) is 4.79 Å². The van der Waals surface area contributed by atoms with Gasteiger partial charge in [-0.05, 0) is 44.7 Å². The normalized spacial score (nSPS) is 24.5. The fourth-order valence-corrected chi connectivity index (χ4v) is 3.68. The molecule has 0 spiro atoms. The molecule has 4 nitrogen and oxygen atoms in total. The van der Waals surface area contributed by atoms with Gasteiger partial charge in [0.1, 0.15) is 0 Å². The maximum atomic E-state index is 12.0. The van der Waals surface area contributed by atoms with Gasteiger partial charge in [-0.1, -0.05) is 32.6 Å². The number of nitrogens with zero attached hydrogens (tertiary/aromatic N) is 1. The van der Waals surface area contributed by atoms with Crippen LogP contribution in [0.5, 0.6) is 0 Å². The van der Waals surface area contributed by atoms with E-state index in [1.807, 2.05) is 0 Å². The Morgan fingerprint density at radius 2 is 1.76 bits per heavy atom. The number of carbonyl (C=O) groups is 1. The molecule has 2 N–H and O–H groups in total. The molecule has 1 amide bonds. The molecule has 122 valence electrons. The number of likely N-dealkylation sites (tertiary alicyclic amines) is 1. The maximum Gasteiger partial charge on any atom is 0.222 e. The molecule has 1 saturated heterocycles. The number of amides is 1. The van der Waals surface area contributed by atoms with E-state index in [2.05, 4.69) is 17.1 Å². The molecule has 1 aliphatic carbocycles. The monoisotopic (exact) mass is 296 g/mol. The Morgan fingerprint density at radius 3 is 2.43 bits per heavy atom. The molecule has 2 fully saturated rings. The van der Waals surface area contributed by atoms with Gasteiger partial charge < -0.3 is 15.3 Å². The van der Waals surface area contributed by atoms with Gasteiger partial charge in [0.25, 0.3) is 0 Å². The number of hydrogen-bond acceptors (Lipinski definition) is 3. The highest BCUT2D eigenvalue weighted by Gasteiger charge is 2.31. The van der Waals surface area contributed by atoms with Gasteiger partial charge in [0.15, 0.2) is 0 Å². The van der Waals surface area contributed by atoms with Crippen LogP contribution in [0.15, 0.2) is 0 Å². The third kappa shape index (κ3) is 5.95. The molecule has 0 radical (unpaired) electrons. The Hall–Kier alpha value is -0.610. The summed E-state index contributed by atoms with van der Waals surface area (Å²) in [4.78, 5) is 14.5. The standard InChI is InChI=1S/C17H32N2O2/c1-15(14-19-10-6-3-7-11-19)13-18-16(20)12-17(21)8-4-2-5-9-17/h15,21H,2-14H2,1H3,(H,18,20). The third-order valence-corrected chi connectivity index (χ3v) is 4.94. The lowest BCUT2D eigenvalue weighted by Crippen LogP contribution is -2.41. The second kappa shape index (κ2) is 8.14. The molecule has 1 aliphatic heterocycles. The van der Waals surface area contributed by atoms with Crippen molar-refractivity contribution in [2.24, 2.45) is 5.92 Å². The third-order valence-electron chi connectivity index (χ3n) is 4.94. The first-order valence-corrected chi connectivity index (χ1v) is 8.79. The van der Waals surface area contributed by atoms with Crippen molar-refractivity contribution >= 4 is 5.91 Å². The highest BCUT2D eigenvalue weighted by Crippen LogP contribution is 2.30. The van der Waals surface area contributed by atoms with Gasteiger partial charge in [-0.15, -0.1) is 0 Å². The van der Waals surface area contributed by atoms with Crippen LogP contribution in [0.25, 0.3) is 0 Å². The van der Waals surface area contributed by atoms with Crippen molar-refractivity contribution in [3.8, 4) is 0 Å². The molecule has 2 aliphatic rings. The zero-order valence-electron chi connectivity index (χ0n) is 13.6. The summed E-state index contributed by atoms with van der Waals surface area (Å²) in [5, 5.41) is 13.4. The van der Waals surface area contributed by atoms with Crippen LogP contribution in [0.3, 0.4) is 0 Å². The zero-order chi connectivity index (χ0) is 15.1. The fraction of sp³-hybridized carbons (Fsp3) is 0.941. The van der Waals surface area contributed by atoms with Crippen molar-refractivity contribution in [1.82, 2.24) is 10.2 Å². The lowest BCUT2D eigenvalue weighted by molar-refractivity contribution is -0.127. The summed E-state index contributed by atoms with van der Waals surface area (Å²) in [6, 6.07) is 0. The Labute approximate surface area is 129 Å². The Kier molecular flexibility index (Phi) is 6.49. The molecule has 1 heterocycles. The van der Waals surface area contributed by atoms with Crippen LogP contribution in [-0.2, 0) is 4.79 Å². The fourth-order valence-electron chi connectivity index (χ4n) is 3.68. The number of rotatable bonds is 6. The molecule has 0 aromatic carbocycles. The quantitative estimate of drug-likeness (QED) is 0.791. The molecule has 1 atom stereocenters. The van der Waals surface area contributed by atoms with Crippen molar-refractivity contribution in [3.05, 3.63) is 0 Å². The van der Waals surface area contributed by atoms with E-state index >= 15 is 0 Å². The number of carbonyl (C=O) groups excluding carboxylic acids is 1. The first-order valence-electron chi connectivity index (χ1n) is 8.79.